The number of hydrogen-bond donors (Lipinski definition) is 2. The summed E-state index contributed by atoms with van der Waals surface area (Å²) >= 11 is 0. The topological polar surface area (TPSA) is 77.6 Å². The fraction of sp³-hybridized carbons (Fsp3) is 0.214. The molecule has 0 aliphatic heterocycles. The van der Waals surface area contributed by atoms with Gasteiger partial charge in [0.1, 0.15) is 12.4 Å². The number of aliphatic hydroxyl groups excluding tert-OH is 1. The highest BCUT2D eigenvalue weighted by Crippen LogP contribution is 2.28. The highest BCUT2D eigenvalue weighted by molar-refractivity contribution is 5.43. The van der Waals surface area contributed by atoms with Gasteiger partial charge in [0.2, 0.25) is 0 Å². The third-order valence-corrected chi connectivity index (χ3v) is 2.65. The number of hydrogen-bond acceptors (Lipinski definition) is 5. The molecule has 5 heteroatoms. The van der Waals surface area contributed by atoms with Gasteiger partial charge in [-0.3, -0.25) is 0 Å². The molecular formula is C14H16N2O3. The Bertz CT molecular complexity index is 541. The fourth-order valence-electron chi connectivity index (χ4n) is 1.61. The Balaban J connectivity index is 2.08. The molecule has 0 amide bonds. The summed E-state index contributed by atoms with van der Waals surface area (Å²) in [5.74, 6) is 1.69. The summed E-state index contributed by atoms with van der Waals surface area (Å²) in [4.78, 5) is 3.99. The molecule has 2 rings (SSSR count). The van der Waals surface area contributed by atoms with Gasteiger partial charge in [-0.2, -0.15) is 0 Å². The molecule has 0 unspecified atom stereocenters. The van der Waals surface area contributed by atoms with Crippen LogP contribution in [-0.2, 0) is 13.2 Å². The lowest BCUT2D eigenvalue weighted by molar-refractivity contribution is 0.274. The molecular weight excluding hydrogens is 244 g/mol. The van der Waals surface area contributed by atoms with Crippen molar-refractivity contribution in [2.45, 2.75) is 13.2 Å². The van der Waals surface area contributed by atoms with Gasteiger partial charge in [-0.25, -0.2) is 4.98 Å². The molecule has 1 aromatic heterocycles. The van der Waals surface area contributed by atoms with E-state index in [0.29, 0.717) is 23.9 Å². The van der Waals surface area contributed by atoms with E-state index in [4.69, 9.17) is 20.3 Å². The number of methoxy groups -OCH3 is 1. The van der Waals surface area contributed by atoms with E-state index in [-0.39, 0.29) is 6.61 Å². The first-order valence-corrected chi connectivity index (χ1v) is 5.84. The van der Waals surface area contributed by atoms with Crippen molar-refractivity contribution in [2.75, 3.05) is 12.8 Å². The molecule has 5 nitrogen and oxygen atoms in total. The Labute approximate surface area is 111 Å². The summed E-state index contributed by atoms with van der Waals surface area (Å²) in [6.45, 7) is 0.348. The number of benzene rings is 1. The fourth-order valence-corrected chi connectivity index (χ4v) is 1.61. The predicted molar refractivity (Wildman–Crippen MR) is 71.9 cm³/mol. The van der Waals surface area contributed by atoms with Gasteiger partial charge < -0.3 is 20.3 Å². The molecule has 1 aromatic carbocycles. The van der Waals surface area contributed by atoms with Gasteiger partial charge in [0, 0.05) is 11.8 Å². The lowest BCUT2D eigenvalue weighted by atomic mass is 10.2. The van der Waals surface area contributed by atoms with Crippen molar-refractivity contribution in [1.82, 2.24) is 4.98 Å². The molecule has 0 fully saturated rings. The summed E-state index contributed by atoms with van der Waals surface area (Å²) in [5, 5.41) is 9.07. The first kappa shape index (κ1) is 13.2. The SMILES string of the molecule is COc1cc(CO)ccc1OCc1ccc(N)nc1. The van der Waals surface area contributed by atoms with E-state index in [1.807, 2.05) is 6.07 Å². The zero-order valence-corrected chi connectivity index (χ0v) is 10.7. The monoisotopic (exact) mass is 260 g/mol. The smallest absolute Gasteiger partial charge is 0.161 e. The molecule has 19 heavy (non-hydrogen) atoms. The van der Waals surface area contributed by atoms with Crippen LogP contribution in [0.25, 0.3) is 0 Å². The van der Waals surface area contributed by atoms with Crippen LogP contribution in [0.2, 0.25) is 0 Å². The van der Waals surface area contributed by atoms with Crippen LogP contribution in [0.3, 0.4) is 0 Å². The third-order valence-electron chi connectivity index (χ3n) is 2.65. The zero-order chi connectivity index (χ0) is 13.7. The predicted octanol–water partition coefficient (Wildman–Crippen LogP) is 1.74. The van der Waals surface area contributed by atoms with Crippen LogP contribution in [0.4, 0.5) is 5.82 Å². The molecule has 0 atom stereocenters. The average molecular weight is 260 g/mol. The van der Waals surface area contributed by atoms with Gasteiger partial charge in [-0.1, -0.05) is 12.1 Å². The van der Waals surface area contributed by atoms with E-state index in [0.717, 1.165) is 11.1 Å². The van der Waals surface area contributed by atoms with E-state index in [9.17, 15) is 0 Å². The van der Waals surface area contributed by atoms with Gasteiger partial charge in [0.05, 0.1) is 13.7 Å². The summed E-state index contributed by atoms with van der Waals surface area (Å²) in [6, 6.07) is 8.90. The first-order valence-electron chi connectivity index (χ1n) is 5.84. The van der Waals surface area contributed by atoms with E-state index in [1.54, 1.807) is 37.6 Å². The number of pyridine rings is 1. The van der Waals surface area contributed by atoms with Crippen molar-refractivity contribution >= 4 is 5.82 Å². The van der Waals surface area contributed by atoms with Gasteiger partial charge in [0.15, 0.2) is 11.5 Å². The lowest BCUT2D eigenvalue weighted by Gasteiger charge is -2.11. The summed E-state index contributed by atoms with van der Waals surface area (Å²) in [5.41, 5.74) is 7.21. The minimum atomic E-state index is -0.0292. The molecule has 0 spiro atoms. The molecule has 0 saturated carbocycles. The molecule has 0 aliphatic rings. The summed E-state index contributed by atoms with van der Waals surface area (Å²) < 4.78 is 10.9. The quantitative estimate of drug-likeness (QED) is 0.856. The number of nitrogen functional groups attached to an aromatic ring is 1. The van der Waals surface area contributed by atoms with E-state index in [2.05, 4.69) is 4.98 Å². The van der Waals surface area contributed by atoms with E-state index >= 15 is 0 Å². The largest absolute Gasteiger partial charge is 0.493 e. The van der Waals surface area contributed by atoms with Crippen molar-refractivity contribution in [2.24, 2.45) is 0 Å². The number of nitrogens with zero attached hydrogens (tertiary/aromatic N) is 1. The number of ether oxygens (including phenoxy) is 2. The molecule has 0 bridgehead atoms. The molecule has 0 aliphatic carbocycles. The summed E-state index contributed by atoms with van der Waals surface area (Å²) in [6.07, 6.45) is 1.67. The molecule has 2 aromatic rings. The van der Waals surface area contributed by atoms with Crippen molar-refractivity contribution in [3.05, 3.63) is 47.7 Å². The van der Waals surface area contributed by atoms with Crippen molar-refractivity contribution < 1.29 is 14.6 Å². The number of rotatable bonds is 5. The zero-order valence-electron chi connectivity index (χ0n) is 10.7. The number of nitrogens with two attached hydrogens (primary N) is 1. The summed E-state index contributed by atoms with van der Waals surface area (Å²) in [7, 11) is 1.56. The normalized spacial score (nSPS) is 10.2. The maximum Gasteiger partial charge on any atom is 0.161 e. The van der Waals surface area contributed by atoms with Crippen LogP contribution in [0.15, 0.2) is 36.5 Å². The van der Waals surface area contributed by atoms with Crippen LogP contribution in [0.5, 0.6) is 11.5 Å². The number of anilines is 1. The van der Waals surface area contributed by atoms with Gasteiger partial charge in [-0.05, 0) is 23.8 Å². The number of aromatic nitrogens is 1. The Kier molecular flexibility index (Phi) is 4.20. The van der Waals surface area contributed by atoms with Gasteiger partial charge in [-0.15, -0.1) is 0 Å². The van der Waals surface area contributed by atoms with Crippen molar-refractivity contribution in [3.8, 4) is 11.5 Å². The second-order valence-electron chi connectivity index (χ2n) is 4.02. The second kappa shape index (κ2) is 6.06. The van der Waals surface area contributed by atoms with Crippen molar-refractivity contribution in [3.63, 3.8) is 0 Å². The molecule has 100 valence electrons. The minimum Gasteiger partial charge on any atom is -0.493 e. The standard InChI is InChI=1S/C14H16N2O3/c1-18-13-6-10(8-17)2-4-12(13)19-9-11-3-5-14(15)16-7-11/h2-7,17H,8-9H2,1H3,(H2,15,16). The number of aliphatic hydroxyl groups is 1. The van der Waals surface area contributed by atoms with Gasteiger partial charge in [0.25, 0.3) is 0 Å². The van der Waals surface area contributed by atoms with Crippen molar-refractivity contribution in [1.29, 1.82) is 0 Å². The van der Waals surface area contributed by atoms with Crippen LogP contribution in [-0.4, -0.2) is 17.2 Å². The molecule has 3 N–H and O–H groups in total. The Morgan fingerprint density at radius 2 is 1.95 bits per heavy atom. The second-order valence-corrected chi connectivity index (χ2v) is 4.02. The maximum absolute atomic E-state index is 9.07. The Morgan fingerprint density at radius 3 is 2.58 bits per heavy atom. The lowest BCUT2D eigenvalue weighted by Crippen LogP contribution is -1.99. The Hall–Kier alpha value is -2.27. The van der Waals surface area contributed by atoms with Crippen LogP contribution < -0.4 is 15.2 Å². The highest BCUT2D eigenvalue weighted by Gasteiger charge is 2.06. The highest BCUT2D eigenvalue weighted by atomic mass is 16.5. The maximum atomic E-state index is 9.07. The van der Waals surface area contributed by atoms with Crippen LogP contribution >= 0.6 is 0 Å². The molecule has 0 radical (unpaired) electrons. The van der Waals surface area contributed by atoms with Crippen LogP contribution in [0, 0.1) is 0 Å². The average Bonchev–Trinajstić information content (AvgIpc) is 2.46. The van der Waals surface area contributed by atoms with Gasteiger partial charge >= 0.3 is 0 Å². The Morgan fingerprint density at radius 1 is 1.16 bits per heavy atom. The molecule has 0 saturated heterocycles. The van der Waals surface area contributed by atoms with E-state index in [1.165, 1.54) is 0 Å². The van der Waals surface area contributed by atoms with Crippen LogP contribution in [0.1, 0.15) is 11.1 Å². The minimum absolute atomic E-state index is 0.0292. The van der Waals surface area contributed by atoms with E-state index < -0.39 is 0 Å². The molecule has 1 heterocycles. The third kappa shape index (κ3) is 3.35. The first-order chi connectivity index (χ1) is 9.22.